The standard InChI is InChI=1S/C15H12N2O2/c1-10-12(9-16)11(14-4-2-6-18-14)8-13(17-10)15-5-3-7-19-15/h2-8,11,17H,1H3. The first kappa shape index (κ1) is 11.4. The number of hydrogen-bond donors (Lipinski definition) is 1. The molecule has 1 aliphatic heterocycles. The summed E-state index contributed by atoms with van der Waals surface area (Å²) in [6.07, 6.45) is 5.18. The van der Waals surface area contributed by atoms with Gasteiger partial charge in [0, 0.05) is 5.70 Å². The van der Waals surface area contributed by atoms with Crippen LogP contribution in [0, 0.1) is 11.3 Å². The summed E-state index contributed by atoms with van der Waals surface area (Å²) in [5, 5.41) is 12.5. The molecule has 0 aromatic carbocycles. The average Bonchev–Trinajstić information content (AvgIpc) is 3.11. The molecule has 2 aromatic rings. The van der Waals surface area contributed by atoms with Crippen molar-refractivity contribution < 1.29 is 8.83 Å². The van der Waals surface area contributed by atoms with E-state index in [1.807, 2.05) is 37.3 Å². The van der Waals surface area contributed by atoms with Crippen LogP contribution in [-0.4, -0.2) is 0 Å². The van der Waals surface area contributed by atoms with Gasteiger partial charge < -0.3 is 14.2 Å². The molecule has 3 heterocycles. The monoisotopic (exact) mass is 252 g/mol. The molecule has 19 heavy (non-hydrogen) atoms. The minimum absolute atomic E-state index is 0.179. The Morgan fingerprint density at radius 3 is 2.63 bits per heavy atom. The van der Waals surface area contributed by atoms with Crippen molar-refractivity contribution in [2.45, 2.75) is 12.8 Å². The van der Waals surface area contributed by atoms with E-state index in [1.54, 1.807) is 12.5 Å². The molecule has 0 amide bonds. The molecule has 4 nitrogen and oxygen atoms in total. The molecule has 1 atom stereocenters. The molecule has 2 aromatic heterocycles. The van der Waals surface area contributed by atoms with Gasteiger partial charge in [-0.25, -0.2) is 0 Å². The molecular formula is C15H12N2O2. The van der Waals surface area contributed by atoms with Gasteiger partial charge in [-0.1, -0.05) is 0 Å². The number of allylic oxidation sites excluding steroid dienone is 3. The van der Waals surface area contributed by atoms with Crippen LogP contribution in [0.15, 0.2) is 63.0 Å². The quantitative estimate of drug-likeness (QED) is 0.889. The van der Waals surface area contributed by atoms with Crippen molar-refractivity contribution in [1.29, 1.82) is 5.26 Å². The highest BCUT2D eigenvalue weighted by Crippen LogP contribution is 2.34. The third-order valence-electron chi connectivity index (χ3n) is 3.13. The molecule has 0 fully saturated rings. The second-order valence-electron chi connectivity index (χ2n) is 4.33. The molecule has 3 rings (SSSR count). The summed E-state index contributed by atoms with van der Waals surface area (Å²) in [5.41, 5.74) is 2.32. The Kier molecular flexibility index (Phi) is 2.73. The van der Waals surface area contributed by atoms with Crippen molar-refractivity contribution in [1.82, 2.24) is 5.32 Å². The Morgan fingerprint density at radius 1 is 1.21 bits per heavy atom. The van der Waals surface area contributed by atoms with Crippen LogP contribution in [0.25, 0.3) is 5.70 Å². The van der Waals surface area contributed by atoms with E-state index in [-0.39, 0.29) is 5.92 Å². The molecule has 0 radical (unpaired) electrons. The smallest absolute Gasteiger partial charge is 0.149 e. The average molecular weight is 252 g/mol. The van der Waals surface area contributed by atoms with E-state index in [0.29, 0.717) is 5.57 Å². The number of hydrogen-bond acceptors (Lipinski definition) is 4. The predicted octanol–water partition coefficient (Wildman–Crippen LogP) is 3.40. The molecule has 4 heteroatoms. The van der Waals surface area contributed by atoms with Gasteiger partial charge in [-0.15, -0.1) is 0 Å². The normalized spacial score (nSPS) is 18.7. The van der Waals surface area contributed by atoms with Gasteiger partial charge in [0.2, 0.25) is 0 Å². The maximum atomic E-state index is 9.31. The fourth-order valence-corrected chi connectivity index (χ4v) is 2.22. The predicted molar refractivity (Wildman–Crippen MR) is 69.6 cm³/mol. The molecule has 1 N–H and O–H groups in total. The van der Waals surface area contributed by atoms with E-state index in [1.165, 1.54) is 0 Å². The molecular weight excluding hydrogens is 240 g/mol. The first-order valence-corrected chi connectivity index (χ1v) is 5.96. The zero-order chi connectivity index (χ0) is 13.2. The van der Waals surface area contributed by atoms with Gasteiger partial charge in [0.05, 0.1) is 35.8 Å². The molecule has 0 aliphatic carbocycles. The van der Waals surface area contributed by atoms with Crippen LogP contribution in [-0.2, 0) is 0 Å². The minimum Gasteiger partial charge on any atom is -0.468 e. The lowest BCUT2D eigenvalue weighted by atomic mass is 9.91. The highest BCUT2D eigenvalue weighted by molar-refractivity contribution is 5.67. The lowest BCUT2D eigenvalue weighted by Crippen LogP contribution is -2.19. The van der Waals surface area contributed by atoms with E-state index in [9.17, 15) is 5.26 Å². The second-order valence-corrected chi connectivity index (χ2v) is 4.33. The molecule has 0 spiro atoms. The first-order chi connectivity index (χ1) is 9.29. The SMILES string of the molecule is CC1=C(C#N)C(c2ccco2)C=C(c2ccco2)N1. The lowest BCUT2D eigenvalue weighted by molar-refractivity contribution is 0.503. The molecule has 94 valence electrons. The first-order valence-electron chi connectivity index (χ1n) is 5.96. The maximum absolute atomic E-state index is 9.31. The number of nitrogens with zero attached hydrogens (tertiary/aromatic N) is 1. The summed E-state index contributed by atoms with van der Waals surface area (Å²) in [4.78, 5) is 0. The molecule has 0 saturated carbocycles. The van der Waals surface area contributed by atoms with Crippen molar-refractivity contribution in [2.24, 2.45) is 0 Å². The number of nitriles is 1. The van der Waals surface area contributed by atoms with Crippen LogP contribution in [0.2, 0.25) is 0 Å². The fourth-order valence-electron chi connectivity index (χ4n) is 2.22. The summed E-state index contributed by atoms with van der Waals surface area (Å²) in [6, 6.07) is 9.64. The zero-order valence-electron chi connectivity index (χ0n) is 10.4. The van der Waals surface area contributed by atoms with Crippen LogP contribution in [0.3, 0.4) is 0 Å². The highest BCUT2D eigenvalue weighted by Gasteiger charge is 2.25. The summed E-state index contributed by atoms with van der Waals surface area (Å²) in [7, 11) is 0. The molecule has 1 aliphatic rings. The minimum atomic E-state index is -0.179. The maximum Gasteiger partial charge on any atom is 0.149 e. The van der Waals surface area contributed by atoms with E-state index < -0.39 is 0 Å². The van der Waals surface area contributed by atoms with Crippen molar-refractivity contribution in [2.75, 3.05) is 0 Å². The van der Waals surface area contributed by atoms with Gasteiger partial charge in [-0.05, 0) is 37.3 Å². The topological polar surface area (TPSA) is 62.1 Å². The third-order valence-corrected chi connectivity index (χ3v) is 3.13. The summed E-state index contributed by atoms with van der Waals surface area (Å²) in [5.74, 6) is 1.32. The van der Waals surface area contributed by atoms with E-state index >= 15 is 0 Å². The summed E-state index contributed by atoms with van der Waals surface area (Å²) < 4.78 is 10.8. The number of rotatable bonds is 2. The van der Waals surface area contributed by atoms with Crippen molar-refractivity contribution in [3.8, 4) is 6.07 Å². The van der Waals surface area contributed by atoms with Gasteiger partial charge in [-0.2, -0.15) is 5.26 Å². The van der Waals surface area contributed by atoms with Crippen LogP contribution in [0.4, 0.5) is 0 Å². The number of nitrogens with one attached hydrogen (secondary N) is 1. The zero-order valence-corrected chi connectivity index (χ0v) is 10.4. The largest absolute Gasteiger partial charge is 0.468 e. The van der Waals surface area contributed by atoms with Gasteiger partial charge in [0.1, 0.15) is 11.5 Å². The van der Waals surface area contributed by atoms with Crippen LogP contribution in [0.1, 0.15) is 24.4 Å². The molecule has 0 saturated heterocycles. The lowest BCUT2D eigenvalue weighted by Gasteiger charge is -2.22. The fraction of sp³-hybridized carbons (Fsp3) is 0.133. The Morgan fingerprint density at radius 2 is 2.00 bits per heavy atom. The van der Waals surface area contributed by atoms with Crippen LogP contribution < -0.4 is 5.32 Å². The van der Waals surface area contributed by atoms with Crippen molar-refractivity contribution >= 4 is 5.70 Å². The number of furan rings is 2. The van der Waals surface area contributed by atoms with Crippen LogP contribution in [0.5, 0.6) is 0 Å². The third kappa shape index (κ3) is 1.95. The van der Waals surface area contributed by atoms with E-state index in [0.717, 1.165) is 22.9 Å². The molecule has 0 bridgehead atoms. The van der Waals surface area contributed by atoms with Gasteiger partial charge >= 0.3 is 0 Å². The Bertz CT molecular complexity index is 670. The van der Waals surface area contributed by atoms with Crippen molar-refractivity contribution in [3.63, 3.8) is 0 Å². The van der Waals surface area contributed by atoms with Crippen LogP contribution >= 0.6 is 0 Å². The molecule has 1 unspecified atom stereocenters. The van der Waals surface area contributed by atoms with E-state index in [4.69, 9.17) is 8.83 Å². The van der Waals surface area contributed by atoms with Gasteiger partial charge in [0.15, 0.2) is 0 Å². The Labute approximate surface area is 110 Å². The van der Waals surface area contributed by atoms with Gasteiger partial charge in [-0.3, -0.25) is 0 Å². The summed E-state index contributed by atoms with van der Waals surface area (Å²) >= 11 is 0. The Hall–Kier alpha value is -2.67. The Balaban J connectivity index is 2.07. The summed E-state index contributed by atoms with van der Waals surface area (Å²) in [6.45, 7) is 1.88. The highest BCUT2D eigenvalue weighted by atomic mass is 16.3. The van der Waals surface area contributed by atoms with Gasteiger partial charge in [0.25, 0.3) is 0 Å². The second kappa shape index (κ2) is 4.54. The van der Waals surface area contributed by atoms with E-state index in [2.05, 4.69) is 11.4 Å². The number of dihydropyridines is 1. The van der Waals surface area contributed by atoms with Crippen molar-refractivity contribution in [3.05, 3.63) is 65.7 Å².